The van der Waals surface area contributed by atoms with E-state index in [-0.39, 0.29) is 17.9 Å². The molecule has 1 aromatic carbocycles. The van der Waals surface area contributed by atoms with Crippen molar-refractivity contribution in [1.29, 1.82) is 0 Å². The van der Waals surface area contributed by atoms with E-state index in [4.69, 9.17) is 0 Å². The van der Waals surface area contributed by atoms with E-state index in [1.54, 1.807) is 0 Å². The van der Waals surface area contributed by atoms with Crippen molar-refractivity contribution >= 4 is 17.5 Å². The van der Waals surface area contributed by atoms with Crippen molar-refractivity contribution in [2.24, 2.45) is 0 Å². The minimum atomic E-state index is -0.266. The number of nitrogens with one attached hydrogen (secondary N) is 2. The first kappa shape index (κ1) is 16.0. The zero-order valence-corrected chi connectivity index (χ0v) is 13.5. The third kappa shape index (κ3) is 4.32. The van der Waals surface area contributed by atoms with Gasteiger partial charge in [0.15, 0.2) is 0 Å². The number of hydrogen-bond donors (Lipinski definition) is 2. The number of imide groups is 1. The number of carbonyl (C=O) groups is 2. The van der Waals surface area contributed by atoms with Crippen molar-refractivity contribution < 1.29 is 9.59 Å². The maximum atomic E-state index is 11.7. The number of benzene rings is 1. The number of carbonyl (C=O) groups excluding carboxylic acids is 2. The van der Waals surface area contributed by atoms with Crippen LogP contribution < -0.4 is 15.5 Å². The Morgan fingerprint density at radius 1 is 1.04 bits per heavy atom. The van der Waals surface area contributed by atoms with E-state index in [9.17, 15) is 9.59 Å². The summed E-state index contributed by atoms with van der Waals surface area (Å²) in [7, 11) is 0. The lowest BCUT2D eigenvalue weighted by Gasteiger charge is -2.23. The second-order valence-electron chi connectivity index (χ2n) is 6.45. The molecule has 2 saturated heterocycles. The van der Waals surface area contributed by atoms with Crippen LogP contribution in [-0.2, 0) is 16.1 Å². The van der Waals surface area contributed by atoms with Gasteiger partial charge in [0.25, 0.3) is 0 Å². The highest BCUT2D eigenvalue weighted by molar-refractivity contribution is 6.00. The van der Waals surface area contributed by atoms with Crippen LogP contribution in [0, 0.1) is 0 Å². The second-order valence-corrected chi connectivity index (χ2v) is 6.45. The number of piperidine rings is 1. The fourth-order valence-electron chi connectivity index (χ4n) is 3.28. The Hall–Kier alpha value is -1.88. The summed E-state index contributed by atoms with van der Waals surface area (Å²) in [6.45, 7) is 2.94. The van der Waals surface area contributed by atoms with E-state index in [1.807, 2.05) is 0 Å². The van der Waals surface area contributed by atoms with E-state index in [2.05, 4.69) is 39.8 Å². The fraction of sp³-hybridized carbons (Fsp3) is 0.556. The molecule has 1 unspecified atom stereocenters. The zero-order valence-electron chi connectivity index (χ0n) is 13.5. The highest BCUT2D eigenvalue weighted by Gasteiger charge is 2.25. The van der Waals surface area contributed by atoms with Crippen LogP contribution in [0.5, 0.6) is 0 Å². The number of amides is 2. The van der Waals surface area contributed by atoms with Gasteiger partial charge in [0.05, 0.1) is 6.04 Å². The molecule has 3 rings (SSSR count). The highest BCUT2D eigenvalue weighted by atomic mass is 16.2. The normalized spacial score (nSPS) is 22.6. The molecule has 0 radical (unpaired) electrons. The molecule has 23 heavy (non-hydrogen) atoms. The van der Waals surface area contributed by atoms with Gasteiger partial charge in [-0.2, -0.15) is 0 Å². The first-order valence-electron chi connectivity index (χ1n) is 8.63. The van der Waals surface area contributed by atoms with Crippen LogP contribution >= 0.6 is 0 Å². The standard InChI is InChI=1S/C18H25N3O2/c22-17-10-9-16(18(23)20-17)19-13-14-5-7-15(8-6-14)21-11-3-1-2-4-12-21/h5-8,16,19H,1-4,9-13H2,(H,20,22,23). The smallest absolute Gasteiger partial charge is 0.243 e. The van der Waals surface area contributed by atoms with Gasteiger partial charge in [-0.1, -0.05) is 25.0 Å². The molecule has 2 aliphatic rings. The molecular weight excluding hydrogens is 290 g/mol. The van der Waals surface area contributed by atoms with Crippen molar-refractivity contribution in [3.63, 3.8) is 0 Å². The maximum Gasteiger partial charge on any atom is 0.243 e. The monoisotopic (exact) mass is 315 g/mol. The molecule has 0 saturated carbocycles. The Kier molecular flexibility index (Phi) is 5.28. The van der Waals surface area contributed by atoms with E-state index in [1.165, 1.54) is 31.4 Å². The summed E-state index contributed by atoms with van der Waals surface area (Å²) in [6, 6.07) is 8.33. The highest BCUT2D eigenvalue weighted by Crippen LogP contribution is 2.20. The third-order valence-corrected chi connectivity index (χ3v) is 4.70. The van der Waals surface area contributed by atoms with Gasteiger partial charge in [0.1, 0.15) is 0 Å². The van der Waals surface area contributed by atoms with Crippen molar-refractivity contribution in [2.45, 2.75) is 51.1 Å². The lowest BCUT2D eigenvalue weighted by Crippen LogP contribution is -2.50. The van der Waals surface area contributed by atoms with Crippen LogP contribution in [0.3, 0.4) is 0 Å². The summed E-state index contributed by atoms with van der Waals surface area (Å²) in [4.78, 5) is 25.3. The van der Waals surface area contributed by atoms with Crippen molar-refractivity contribution in [3.05, 3.63) is 29.8 Å². The Balaban J connectivity index is 1.53. The molecule has 124 valence electrons. The van der Waals surface area contributed by atoms with E-state index >= 15 is 0 Å². The maximum absolute atomic E-state index is 11.7. The molecule has 0 spiro atoms. The van der Waals surface area contributed by atoms with Crippen molar-refractivity contribution in [1.82, 2.24) is 10.6 Å². The molecule has 0 aliphatic carbocycles. The van der Waals surface area contributed by atoms with Gasteiger partial charge in [0.2, 0.25) is 11.8 Å². The minimum absolute atomic E-state index is 0.171. The number of rotatable bonds is 4. The van der Waals surface area contributed by atoms with E-state index in [0.29, 0.717) is 19.4 Å². The summed E-state index contributed by atoms with van der Waals surface area (Å²) in [5.41, 5.74) is 2.45. The molecule has 2 heterocycles. The van der Waals surface area contributed by atoms with Gasteiger partial charge in [-0.15, -0.1) is 0 Å². The van der Waals surface area contributed by atoms with E-state index in [0.717, 1.165) is 18.7 Å². The summed E-state index contributed by atoms with van der Waals surface area (Å²) in [5, 5.41) is 5.62. The zero-order chi connectivity index (χ0) is 16.1. The van der Waals surface area contributed by atoms with Crippen LogP contribution in [0.15, 0.2) is 24.3 Å². The second kappa shape index (κ2) is 7.59. The summed E-state index contributed by atoms with van der Waals surface area (Å²) in [5.74, 6) is -0.378. The Bertz CT molecular complexity index is 548. The van der Waals surface area contributed by atoms with Crippen LogP contribution in [0.4, 0.5) is 5.69 Å². The topological polar surface area (TPSA) is 61.4 Å². The van der Waals surface area contributed by atoms with Crippen molar-refractivity contribution in [3.8, 4) is 0 Å². The van der Waals surface area contributed by atoms with Gasteiger partial charge in [-0.05, 0) is 37.0 Å². The third-order valence-electron chi connectivity index (χ3n) is 4.70. The SMILES string of the molecule is O=C1CCC(NCc2ccc(N3CCCCCC3)cc2)C(=O)N1. The molecule has 5 heteroatoms. The average molecular weight is 315 g/mol. The van der Waals surface area contributed by atoms with Gasteiger partial charge in [0, 0.05) is 31.7 Å². The first-order chi connectivity index (χ1) is 11.2. The van der Waals surface area contributed by atoms with Gasteiger partial charge >= 0.3 is 0 Å². The van der Waals surface area contributed by atoms with Gasteiger partial charge < -0.3 is 10.2 Å². The van der Waals surface area contributed by atoms with Gasteiger partial charge in [-0.25, -0.2) is 0 Å². The quantitative estimate of drug-likeness (QED) is 0.834. The fourth-order valence-corrected chi connectivity index (χ4v) is 3.28. The van der Waals surface area contributed by atoms with Crippen LogP contribution in [0.1, 0.15) is 44.1 Å². The summed E-state index contributed by atoms with van der Waals surface area (Å²) in [6.07, 6.45) is 6.22. The predicted molar refractivity (Wildman–Crippen MR) is 90.1 cm³/mol. The molecule has 1 atom stereocenters. The van der Waals surface area contributed by atoms with E-state index < -0.39 is 0 Å². The molecule has 2 N–H and O–H groups in total. The number of anilines is 1. The van der Waals surface area contributed by atoms with Crippen LogP contribution in [-0.4, -0.2) is 30.9 Å². The Labute approximate surface area is 137 Å². The van der Waals surface area contributed by atoms with Crippen molar-refractivity contribution in [2.75, 3.05) is 18.0 Å². The molecular formula is C18H25N3O2. The lowest BCUT2D eigenvalue weighted by atomic mass is 10.1. The lowest BCUT2D eigenvalue weighted by molar-refractivity contribution is -0.134. The Morgan fingerprint density at radius 2 is 1.74 bits per heavy atom. The van der Waals surface area contributed by atoms with Crippen LogP contribution in [0.25, 0.3) is 0 Å². The first-order valence-corrected chi connectivity index (χ1v) is 8.63. The number of hydrogen-bond acceptors (Lipinski definition) is 4. The molecule has 2 amide bonds. The van der Waals surface area contributed by atoms with Crippen LogP contribution in [0.2, 0.25) is 0 Å². The molecule has 1 aromatic rings. The average Bonchev–Trinajstić information content (AvgIpc) is 2.84. The molecule has 2 fully saturated rings. The van der Waals surface area contributed by atoms with Gasteiger partial charge in [-0.3, -0.25) is 14.9 Å². The molecule has 2 aliphatic heterocycles. The molecule has 5 nitrogen and oxygen atoms in total. The minimum Gasteiger partial charge on any atom is -0.372 e. The molecule has 0 aromatic heterocycles. The predicted octanol–water partition coefficient (Wildman–Crippen LogP) is 1.96. The molecule has 0 bridgehead atoms. The summed E-state index contributed by atoms with van der Waals surface area (Å²) < 4.78 is 0. The Morgan fingerprint density at radius 3 is 2.39 bits per heavy atom. The number of nitrogens with zero attached hydrogens (tertiary/aromatic N) is 1. The largest absolute Gasteiger partial charge is 0.372 e. The summed E-state index contributed by atoms with van der Waals surface area (Å²) >= 11 is 0.